The topological polar surface area (TPSA) is 9.23 Å². The van der Waals surface area contributed by atoms with E-state index < -0.39 is 0 Å². The SMILES string of the molecule is CCO[SiH2]C1(C)CCCCC1C. The number of hydrogen-bond donors (Lipinski definition) is 0. The second kappa shape index (κ2) is 4.42. The van der Waals surface area contributed by atoms with Crippen LogP contribution < -0.4 is 0 Å². The smallest absolute Gasteiger partial charge is 0.167 e. The Hall–Kier alpha value is 0.177. The molecule has 0 aromatic rings. The van der Waals surface area contributed by atoms with Gasteiger partial charge in [-0.1, -0.05) is 33.1 Å². The van der Waals surface area contributed by atoms with Crippen molar-refractivity contribution < 1.29 is 4.43 Å². The van der Waals surface area contributed by atoms with Crippen molar-refractivity contribution in [2.45, 2.75) is 51.5 Å². The van der Waals surface area contributed by atoms with Crippen LogP contribution in [0.1, 0.15) is 46.5 Å². The molecule has 0 radical (unpaired) electrons. The summed E-state index contributed by atoms with van der Waals surface area (Å²) in [5.41, 5.74) is 0. The van der Waals surface area contributed by atoms with E-state index in [1.54, 1.807) is 0 Å². The van der Waals surface area contributed by atoms with E-state index in [4.69, 9.17) is 4.43 Å². The monoisotopic (exact) mass is 186 g/mol. The predicted molar refractivity (Wildman–Crippen MR) is 56.2 cm³/mol. The van der Waals surface area contributed by atoms with Crippen LogP contribution in [-0.2, 0) is 4.43 Å². The number of rotatable bonds is 3. The lowest BCUT2D eigenvalue weighted by Crippen LogP contribution is -2.29. The van der Waals surface area contributed by atoms with Crippen LogP contribution in [0.15, 0.2) is 0 Å². The quantitative estimate of drug-likeness (QED) is 0.615. The third kappa shape index (κ3) is 2.33. The first kappa shape index (κ1) is 10.3. The van der Waals surface area contributed by atoms with Gasteiger partial charge in [0.05, 0.1) is 0 Å². The van der Waals surface area contributed by atoms with Gasteiger partial charge in [0, 0.05) is 6.61 Å². The van der Waals surface area contributed by atoms with E-state index in [2.05, 4.69) is 20.8 Å². The van der Waals surface area contributed by atoms with Crippen molar-refractivity contribution in [1.82, 2.24) is 0 Å². The van der Waals surface area contributed by atoms with Crippen molar-refractivity contribution in [1.29, 1.82) is 0 Å². The molecule has 0 aromatic carbocycles. The van der Waals surface area contributed by atoms with E-state index in [1.165, 1.54) is 25.7 Å². The van der Waals surface area contributed by atoms with Crippen molar-refractivity contribution in [3.05, 3.63) is 0 Å². The van der Waals surface area contributed by atoms with Crippen LogP contribution >= 0.6 is 0 Å². The molecular weight excluding hydrogens is 164 g/mol. The van der Waals surface area contributed by atoms with E-state index in [-0.39, 0.29) is 9.76 Å². The van der Waals surface area contributed by atoms with E-state index >= 15 is 0 Å². The van der Waals surface area contributed by atoms with E-state index in [0.717, 1.165) is 12.5 Å². The van der Waals surface area contributed by atoms with Gasteiger partial charge in [0.25, 0.3) is 0 Å². The third-order valence-electron chi connectivity index (χ3n) is 3.46. The maximum Gasteiger partial charge on any atom is 0.167 e. The Morgan fingerprint density at radius 1 is 1.50 bits per heavy atom. The van der Waals surface area contributed by atoms with Gasteiger partial charge in [-0.3, -0.25) is 0 Å². The summed E-state index contributed by atoms with van der Waals surface area (Å²) in [5, 5.41) is 0.605. The molecule has 1 aliphatic rings. The van der Waals surface area contributed by atoms with E-state index in [9.17, 15) is 0 Å². The highest BCUT2D eigenvalue weighted by molar-refractivity contribution is 6.32. The molecule has 1 saturated carbocycles. The molecule has 2 unspecified atom stereocenters. The molecule has 0 saturated heterocycles. The van der Waals surface area contributed by atoms with E-state index in [1.807, 2.05) is 0 Å². The summed E-state index contributed by atoms with van der Waals surface area (Å²) in [7, 11) is -0.278. The van der Waals surface area contributed by atoms with Crippen LogP contribution in [0.5, 0.6) is 0 Å². The Bertz CT molecular complexity index is 138. The minimum absolute atomic E-state index is 0.278. The van der Waals surface area contributed by atoms with Crippen LogP contribution in [0.4, 0.5) is 0 Å². The predicted octanol–water partition coefficient (Wildman–Crippen LogP) is 2.50. The Labute approximate surface area is 78.8 Å². The molecule has 0 amide bonds. The number of hydrogen-bond acceptors (Lipinski definition) is 1. The maximum absolute atomic E-state index is 5.69. The average molecular weight is 186 g/mol. The van der Waals surface area contributed by atoms with Gasteiger partial charge < -0.3 is 4.43 Å². The summed E-state index contributed by atoms with van der Waals surface area (Å²) in [6, 6.07) is 0. The van der Waals surface area contributed by atoms with Gasteiger partial charge in [-0.05, 0) is 24.3 Å². The standard InChI is InChI=1S/C10H22OSi/c1-4-11-12-10(3)8-6-5-7-9(10)2/h9H,4-8,12H2,1-3H3. The molecule has 1 nitrogen and oxygen atoms in total. The van der Waals surface area contributed by atoms with Crippen LogP contribution in [0, 0.1) is 5.92 Å². The molecular formula is C10H22OSi. The molecule has 0 aromatic heterocycles. The Kier molecular flexibility index (Phi) is 3.78. The van der Waals surface area contributed by atoms with Crippen LogP contribution in [0.25, 0.3) is 0 Å². The largest absolute Gasteiger partial charge is 0.424 e. The lowest BCUT2D eigenvalue weighted by atomic mass is 9.81. The van der Waals surface area contributed by atoms with Gasteiger partial charge in [0.15, 0.2) is 9.76 Å². The Balaban J connectivity index is 2.42. The summed E-state index contributed by atoms with van der Waals surface area (Å²) >= 11 is 0. The van der Waals surface area contributed by atoms with Crippen molar-refractivity contribution in [3.63, 3.8) is 0 Å². The van der Waals surface area contributed by atoms with Gasteiger partial charge in [-0.25, -0.2) is 0 Å². The van der Waals surface area contributed by atoms with Crippen LogP contribution in [-0.4, -0.2) is 16.4 Å². The summed E-state index contributed by atoms with van der Waals surface area (Å²) in [4.78, 5) is 0. The van der Waals surface area contributed by atoms with Gasteiger partial charge in [0.2, 0.25) is 0 Å². The lowest BCUT2D eigenvalue weighted by Gasteiger charge is -2.38. The normalized spacial score (nSPS) is 37.8. The third-order valence-corrected chi connectivity index (χ3v) is 5.78. The second-order valence-electron chi connectivity index (χ2n) is 4.44. The summed E-state index contributed by atoms with van der Waals surface area (Å²) < 4.78 is 5.69. The second-order valence-corrected chi connectivity index (χ2v) is 6.75. The van der Waals surface area contributed by atoms with Crippen molar-refractivity contribution in [2.75, 3.05) is 6.61 Å². The van der Waals surface area contributed by atoms with Crippen LogP contribution in [0.2, 0.25) is 5.04 Å². The maximum atomic E-state index is 5.69. The average Bonchev–Trinajstić information content (AvgIpc) is 2.07. The highest BCUT2D eigenvalue weighted by Crippen LogP contribution is 2.46. The summed E-state index contributed by atoms with van der Waals surface area (Å²) in [6.45, 7) is 7.89. The van der Waals surface area contributed by atoms with Gasteiger partial charge >= 0.3 is 0 Å². The van der Waals surface area contributed by atoms with Gasteiger partial charge in [0.1, 0.15) is 0 Å². The molecule has 1 aliphatic carbocycles. The lowest BCUT2D eigenvalue weighted by molar-refractivity contribution is 0.248. The highest BCUT2D eigenvalue weighted by atomic mass is 28.2. The fourth-order valence-corrected chi connectivity index (χ4v) is 3.68. The first-order chi connectivity index (χ1) is 5.69. The zero-order valence-corrected chi connectivity index (χ0v) is 10.1. The molecule has 0 N–H and O–H groups in total. The molecule has 1 fully saturated rings. The highest BCUT2D eigenvalue weighted by Gasteiger charge is 2.34. The minimum atomic E-state index is -0.278. The Morgan fingerprint density at radius 3 is 2.83 bits per heavy atom. The van der Waals surface area contributed by atoms with Crippen LogP contribution in [0.3, 0.4) is 0 Å². The summed E-state index contributed by atoms with van der Waals surface area (Å²) in [6.07, 6.45) is 5.72. The van der Waals surface area contributed by atoms with Gasteiger partial charge in [-0.2, -0.15) is 0 Å². The Morgan fingerprint density at radius 2 is 2.25 bits per heavy atom. The molecule has 0 heterocycles. The molecule has 0 spiro atoms. The molecule has 0 aliphatic heterocycles. The first-order valence-electron chi connectivity index (χ1n) is 5.27. The zero-order valence-electron chi connectivity index (χ0n) is 8.73. The molecule has 1 rings (SSSR count). The molecule has 12 heavy (non-hydrogen) atoms. The molecule has 72 valence electrons. The molecule has 0 bridgehead atoms. The zero-order chi connectivity index (χ0) is 9.03. The fraction of sp³-hybridized carbons (Fsp3) is 1.00. The fourth-order valence-electron chi connectivity index (χ4n) is 2.12. The van der Waals surface area contributed by atoms with Gasteiger partial charge in [-0.15, -0.1) is 0 Å². The van der Waals surface area contributed by atoms with Crippen molar-refractivity contribution in [3.8, 4) is 0 Å². The van der Waals surface area contributed by atoms with Crippen molar-refractivity contribution >= 4 is 9.76 Å². The minimum Gasteiger partial charge on any atom is -0.424 e. The van der Waals surface area contributed by atoms with Crippen molar-refractivity contribution in [2.24, 2.45) is 5.92 Å². The molecule has 2 heteroatoms. The summed E-state index contributed by atoms with van der Waals surface area (Å²) in [5.74, 6) is 0.907. The molecule has 2 atom stereocenters. The van der Waals surface area contributed by atoms with E-state index in [0.29, 0.717) is 5.04 Å². The first-order valence-corrected chi connectivity index (χ1v) is 6.55.